The molecule has 3 nitrogen and oxygen atoms in total. The first kappa shape index (κ1) is 10.5. The first-order valence-electron chi connectivity index (χ1n) is 4.90. The van der Waals surface area contributed by atoms with E-state index in [1.165, 1.54) is 0 Å². The average Bonchev–Trinajstić information content (AvgIpc) is 2.39. The summed E-state index contributed by atoms with van der Waals surface area (Å²) >= 11 is 0. The molecule has 0 atom stereocenters. The van der Waals surface area contributed by atoms with Crippen LogP contribution in [0.3, 0.4) is 0 Å². The zero-order chi connectivity index (χ0) is 11.4. The van der Waals surface area contributed by atoms with Gasteiger partial charge in [-0.3, -0.25) is 0 Å². The number of pyridine rings is 1. The third kappa shape index (κ3) is 2.14. The summed E-state index contributed by atoms with van der Waals surface area (Å²) in [5.41, 5.74) is 1.85. The van der Waals surface area contributed by atoms with Gasteiger partial charge in [0, 0.05) is 11.6 Å². The second kappa shape index (κ2) is 4.66. The van der Waals surface area contributed by atoms with Crippen LogP contribution < -0.4 is 9.47 Å². The number of rotatable bonds is 3. The topological polar surface area (TPSA) is 31.4 Å². The van der Waals surface area contributed by atoms with E-state index in [4.69, 9.17) is 9.47 Å². The summed E-state index contributed by atoms with van der Waals surface area (Å²) in [6.07, 6.45) is 0. The van der Waals surface area contributed by atoms with Crippen LogP contribution in [0.1, 0.15) is 0 Å². The van der Waals surface area contributed by atoms with E-state index in [0.29, 0.717) is 5.88 Å². The maximum atomic E-state index is 5.10. The molecule has 81 valence electrons. The summed E-state index contributed by atoms with van der Waals surface area (Å²) in [6, 6.07) is 14.2. The Labute approximate surface area is 94.7 Å². The van der Waals surface area contributed by atoms with Crippen LogP contribution in [0.4, 0.5) is 0 Å². The maximum Gasteiger partial charge on any atom is 0.214 e. The van der Waals surface area contributed by atoms with Crippen molar-refractivity contribution < 1.29 is 9.47 Å². The standard InChI is InChI=1S/C13H12NO2/c1-15-11-8-6-10(7-9-11)12-4-3-5-13(14-12)16-2/h4-9H,1-2H3. The molecular weight excluding hydrogens is 202 g/mol. The molecule has 3 heteroatoms. The summed E-state index contributed by atoms with van der Waals surface area (Å²) in [4.78, 5) is 4.32. The van der Waals surface area contributed by atoms with Crippen molar-refractivity contribution in [3.8, 4) is 22.9 Å². The Hall–Kier alpha value is -2.03. The average molecular weight is 214 g/mol. The molecule has 1 aromatic heterocycles. The Balaban J connectivity index is 2.34. The van der Waals surface area contributed by atoms with Crippen LogP contribution in [0.25, 0.3) is 11.3 Å². The van der Waals surface area contributed by atoms with E-state index in [0.717, 1.165) is 17.0 Å². The second-order valence-electron chi connectivity index (χ2n) is 3.22. The van der Waals surface area contributed by atoms with E-state index in [-0.39, 0.29) is 0 Å². The van der Waals surface area contributed by atoms with E-state index in [9.17, 15) is 0 Å². The molecule has 0 aliphatic rings. The van der Waals surface area contributed by atoms with Crippen LogP contribution in [0, 0.1) is 6.07 Å². The molecule has 0 aliphatic heterocycles. The highest BCUT2D eigenvalue weighted by Crippen LogP contribution is 2.21. The van der Waals surface area contributed by atoms with Crippen molar-refractivity contribution in [1.29, 1.82) is 0 Å². The highest BCUT2D eigenvalue weighted by Gasteiger charge is 2.01. The third-order valence-electron chi connectivity index (χ3n) is 2.25. The molecule has 1 heterocycles. The van der Waals surface area contributed by atoms with Crippen LogP contribution >= 0.6 is 0 Å². The molecule has 1 radical (unpaired) electrons. The number of methoxy groups -OCH3 is 2. The Morgan fingerprint density at radius 3 is 2.38 bits per heavy atom. The first-order valence-corrected chi connectivity index (χ1v) is 4.90. The third-order valence-corrected chi connectivity index (χ3v) is 2.25. The zero-order valence-corrected chi connectivity index (χ0v) is 9.23. The van der Waals surface area contributed by atoms with E-state index < -0.39 is 0 Å². The van der Waals surface area contributed by atoms with Gasteiger partial charge in [-0.1, -0.05) is 0 Å². The molecule has 0 unspecified atom stereocenters. The summed E-state index contributed by atoms with van der Waals surface area (Å²) in [5, 5.41) is 0. The molecule has 0 aliphatic carbocycles. The van der Waals surface area contributed by atoms with Crippen molar-refractivity contribution in [2.24, 2.45) is 0 Å². The SMILES string of the molecule is COc1ccc(-c2c[c]cc(OC)n2)cc1. The summed E-state index contributed by atoms with van der Waals surface area (Å²) < 4.78 is 10.2. The fourth-order valence-corrected chi connectivity index (χ4v) is 1.39. The number of aromatic nitrogens is 1. The van der Waals surface area contributed by atoms with Gasteiger partial charge in [-0.15, -0.1) is 0 Å². The number of benzene rings is 1. The fraction of sp³-hybridized carbons (Fsp3) is 0.154. The van der Waals surface area contributed by atoms with Gasteiger partial charge in [-0.05, 0) is 36.4 Å². The Kier molecular flexibility index (Phi) is 3.05. The summed E-state index contributed by atoms with van der Waals surface area (Å²) in [7, 11) is 3.24. The highest BCUT2D eigenvalue weighted by molar-refractivity contribution is 5.60. The van der Waals surface area contributed by atoms with E-state index in [2.05, 4.69) is 11.1 Å². The monoisotopic (exact) mass is 214 g/mol. The molecule has 0 fully saturated rings. The van der Waals surface area contributed by atoms with E-state index >= 15 is 0 Å². The van der Waals surface area contributed by atoms with Crippen molar-refractivity contribution in [2.75, 3.05) is 14.2 Å². The summed E-state index contributed by atoms with van der Waals surface area (Å²) in [6.45, 7) is 0. The fourth-order valence-electron chi connectivity index (χ4n) is 1.39. The number of ether oxygens (including phenoxy) is 2. The van der Waals surface area contributed by atoms with Gasteiger partial charge in [0.15, 0.2) is 0 Å². The highest BCUT2D eigenvalue weighted by atomic mass is 16.5. The van der Waals surface area contributed by atoms with Gasteiger partial charge in [-0.2, -0.15) is 0 Å². The minimum Gasteiger partial charge on any atom is -0.497 e. The lowest BCUT2D eigenvalue weighted by molar-refractivity contribution is 0.398. The zero-order valence-electron chi connectivity index (χ0n) is 9.23. The molecule has 0 bridgehead atoms. The van der Waals surface area contributed by atoms with Crippen molar-refractivity contribution in [3.63, 3.8) is 0 Å². The van der Waals surface area contributed by atoms with Crippen molar-refractivity contribution in [2.45, 2.75) is 0 Å². The minimum absolute atomic E-state index is 0.563. The lowest BCUT2D eigenvalue weighted by Gasteiger charge is -2.04. The second-order valence-corrected chi connectivity index (χ2v) is 3.22. The maximum absolute atomic E-state index is 5.10. The number of hydrogen-bond acceptors (Lipinski definition) is 3. The van der Waals surface area contributed by atoms with Gasteiger partial charge in [0.05, 0.1) is 19.9 Å². The molecule has 2 aromatic rings. The van der Waals surface area contributed by atoms with Crippen LogP contribution in [0.2, 0.25) is 0 Å². The van der Waals surface area contributed by atoms with Gasteiger partial charge >= 0.3 is 0 Å². The normalized spacial score (nSPS) is 9.88. The number of nitrogens with zero attached hydrogens (tertiary/aromatic N) is 1. The van der Waals surface area contributed by atoms with Crippen LogP contribution in [0.5, 0.6) is 11.6 Å². The van der Waals surface area contributed by atoms with Crippen molar-refractivity contribution >= 4 is 0 Å². The molecule has 0 saturated heterocycles. The van der Waals surface area contributed by atoms with E-state index in [1.807, 2.05) is 30.3 Å². The van der Waals surface area contributed by atoms with Crippen molar-refractivity contribution in [1.82, 2.24) is 4.98 Å². The minimum atomic E-state index is 0.563. The Morgan fingerprint density at radius 2 is 1.75 bits per heavy atom. The Morgan fingerprint density at radius 1 is 1.00 bits per heavy atom. The predicted octanol–water partition coefficient (Wildman–Crippen LogP) is 2.57. The van der Waals surface area contributed by atoms with Gasteiger partial charge in [0.1, 0.15) is 5.75 Å². The van der Waals surface area contributed by atoms with E-state index in [1.54, 1.807) is 20.3 Å². The van der Waals surface area contributed by atoms with Crippen LogP contribution in [-0.2, 0) is 0 Å². The molecule has 0 spiro atoms. The lowest BCUT2D eigenvalue weighted by atomic mass is 10.1. The molecule has 0 saturated carbocycles. The molecule has 0 amide bonds. The van der Waals surface area contributed by atoms with Gasteiger partial charge in [-0.25, -0.2) is 4.98 Å². The van der Waals surface area contributed by atoms with Crippen molar-refractivity contribution in [3.05, 3.63) is 42.5 Å². The van der Waals surface area contributed by atoms with Crippen LogP contribution in [0.15, 0.2) is 36.4 Å². The predicted molar refractivity (Wildman–Crippen MR) is 61.6 cm³/mol. The molecule has 0 N–H and O–H groups in total. The molecule has 2 rings (SSSR count). The number of hydrogen-bond donors (Lipinski definition) is 0. The van der Waals surface area contributed by atoms with Gasteiger partial charge < -0.3 is 9.47 Å². The lowest BCUT2D eigenvalue weighted by Crippen LogP contribution is -1.90. The smallest absolute Gasteiger partial charge is 0.214 e. The van der Waals surface area contributed by atoms with Gasteiger partial charge in [0.2, 0.25) is 5.88 Å². The van der Waals surface area contributed by atoms with Gasteiger partial charge in [0.25, 0.3) is 0 Å². The summed E-state index contributed by atoms with van der Waals surface area (Å²) in [5.74, 6) is 1.39. The first-order chi connectivity index (χ1) is 7.83. The molecule has 16 heavy (non-hydrogen) atoms. The largest absolute Gasteiger partial charge is 0.497 e. The Bertz CT molecular complexity index is 466. The molecular formula is C13H12NO2. The quantitative estimate of drug-likeness (QED) is 0.786. The van der Waals surface area contributed by atoms with Crippen LogP contribution in [-0.4, -0.2) is 19.2 Å². The molecule has 1 aromatic carbocycles.